The molecule has 0 aliphatic carbocycles. The molecule has 0 saturated heterocycles. The van der Waals surface area contributed by atoms with Crippen molar-refractivity contribution >= 4 is 38.2 Å². The van der Waals surface area contributed by atoms with Gasteiger partial charge in [-0.25, -0.2) is 0 Å². The molecule has 0 saturated carbocycles. The number of nitrogens with zero attached hydrogens (tertiary/aromatic N) is 2. The van der Waals surface area contributed by atoms with E-state index < -0.39 is 0 Å². The third-order valence-electron chi connectivity index (χ3n) is 3.50. The topological polar surface area (TPSA) is 42.2 Å². The van der Waals surface area contributed by atoms with Crippen LogP contribution in [0, 0.1) is 0 Å². The minimum Gasteiger partial charge on any atom is -0.397 e. The Morgan fingerprint density at radius 3 is 2.76 bits per heavy atom. The van der Waals surface area contributed by atoms with E-state index in [1.807, 2.05) is 30.5 Å². The monoisotopic (exact) mass is 341 g/mol. The summed E-state index contributed by atoms with van der Waals surface area (Å²) >= 11 is 3.51. The number of benzene rings is 2. The molecule has 1 heterocycles. The van der Waals surface area contributed by atoms with Gasteiger partial charge in [0.25, 0.3) is 0 Å². The van der Waals surface area contributed by atoms with Crippen molar-refractivity contribution in [3.05, 3.63) is 64.8 Å². The van der Waals surface area contributed by atoms with Crippen LogP contribution in [-0.2, 0) is 6.54 Å². The van der Waals surface area contributed by atoms with Gasteiger partial charge >= 0.3 is 0 Å². The van der Waals surface area contributed by atoms with E-state index in [4.69, 9.17) is 5.73 Å². The number of halogens is 1. The highest BCUT2D eigenvalue weighted by Crippen LogP contribution is 2.28. The second-order valence-electron chi connectivity index (χ2n) is 5.06. The summed E-state index contributed by atoms with van der Waals surface area (Å²) in [6, 6.07) is 16.3. The first-order valence-electron chi connectivity index (χ1n) is 6.74. The zero-order valence-electron chi connectivity index (χ0n) is 11.8. The van der Waals surface area contributed by atoms with Gasteiger partial charge in [0.2, 0.25) is 0 Å². The summed E-state index contributed by atoms with van der Waals surface area (Å²) in [4.78, 5) is 6.60. The standard InChI is InChI=1S/C17H16BrN3/c1-21(11-12-4-2-5-13(18)10-12)16-8-9-20-17-14(16)6-3-7-15(17)19/h2-10H,11,19H2,1H3. The van der Waals surface area contributed by atoms with E-state index in [0.717, 1.165) is 27.6 Å². The van der Waals surface area contributed by atoms with Crippen molar-refractivity contribution in [2.45, 2.75) is 6.54 Å². The molecule has 0 fully saturated rings. The summed E-state index contributed by atoms with van der Waals surface area (Å²) in [7, 11) is 2.08. The van der Waals surface area contributed by atoms with Gasteiger partial charge in [-0.15, -0.1) is 0 Å². The number of hydrogen-bond acceptors (Lipinski definition) is 3. The molecular formula is C17H16BrN3. The van der Waals surface area contributed by atoms with Crippen molar-refractivity contribution in [3.63, 3.8) is 0 Å². The molecule has 1 aromatic heterocycles. The van der Waals surface area contributed by atoms with Gasteiger partial charge in [-0.05, 0) is 29.8 Å². The van der Waals surface area contributed by atoms with Gasteiger partial charge in [0.1, 0.15) is 0 Å². The van der Waals surface area contributed by atoms with Crippen LogP contribution in [0.4, 0.5) is 11.4 Å². The molecule has 106 valence electrons. The first-order chi connectivity index (χ1) is 10.1. The summed E-state index contributed by atoms with van der Waals surface area (Å²) in [5.74, 6) is 0. The predicted molar refractivity (Wildman–Crippen MR) is 92.4 cm³/mol. The molecule has 0 amide bonds. The maximum absolute atomic E-state index is 6.01. The number of para-hydroxylation sites is 1. The highest BCUT2D eigenvalue weighted by atomic mass is 79.9. The lowest BCUT2D eigenvalue weighted by Crippen LogP contribution is -2.16. The highest BCUT2D eigenvalue weighted by Gasteiger charge is 2.09. The van der Waals surface area contributed by atoms with Gasteiger partial charge < -0.3 is 10.6 Å². The Hall–Kier alpha value is -2.07. The Balaban J connectivity index is 1.98. The molecule has 4 heteroatoms. The Bertz CT molecular complexity index is 786. The predicted octanol–water partition coefficient (Wildman–Crippen LogP) is 4.22. The lowest BCUT2D eigenvalue weighted by molar-refractivity contribution is 0.926. The van der Waals surface area contributed by atoms with E-state index in [1.165, 1.54) is 5.56 Å². The first kappa shape index (κ1) is 13.9. The van der Waals surface area contributed by atoms with Gasteiger partial charge in [-0.1, -0.05) is 40.2 Å². The molecule has 3 rings (SSSR count). The largest absolute Gasteiger partial charge is 0.397 e. The Labute approximate surface area is 132 Å². The molecule has 3 aromatic rings. The van der Waals surface area contributed by atoms with Crippen LogP contribution in [0.1, 0.15) is 5.56 Å². The Morgan fingerprint density at radius 1 is 1.14 bits per heavy atom. The molecule has 3 nitrogen and oxygen atoms in total. The van der Waals surface area contributed by atoms with Gasteiger partial charge in [0.15, 0.2) is 0 Å². The first-order valence-corrected chi connectivity index (χ1v) is 7.53. The van der Waals surface area contributed by atoms with E-state index in [0.29, 0.717) is 5.69 Å². The number of rotatable bonds is 3. The quantitative estimate of drug-likeness (QED) is 0.725. The van der Waals surface area contributed by atoms with Gasteiger partial charge in [-0.3, -0.25) is 4.98 Å². The van der Waals surface area contributed by atoms with Crippen LogP contribution >= 0.6 is 15.9 Å². The number of hydrogen-bond donors (Lipinski definition) is 1. The highest BCUT2D eigenvalue weighted by molar-refractivity contribution is 9.10. The number of nitrogen functional groups attached to an aromatic ring is 1. The minimum absolute atomic E-state index is 0.713. The van der Waals surface area contributed by atoms with Crippen LogP contribution in [-0.4, -0.2) is 12.0 Å². The van der Waals surface area contributed by atoms with E-state index in [9.17, 15) is 0 Å². The normalized spacial score (nSPS) is 10.8. The molecule has 0 bridgehead atoms. The van der Waals surface area contributed by atoms with E-state index in [1.54, 1.807) is 0 Å². The van der Waals surface area contributed by atoms with Gasteiger partial charge in [0.05, 0.1) is 11.2 Å². The lowest BCUT2D eigenvalue weighted by atomic mass is 10.1. The average molecular weight is 342 g/mol. The summed E-state index contributed by atoms with van der Waals surface area (Å²) < 4.78 is 1.09. The fourth-order valence-electron chi connectivity index (χ4n) is 2.51. The molecule has 0 atom stereocenters. The Kier molecular flexibility index (Phi) is 3.80. The van der Waals surface area contributed by atoms with Crippen LogP contribution in [0.5, 0.6) is 0 Å². The van der Waals surface area contributed by atoms with E-state index >= 15 is 0 Å². The SMILES string of the molecule is CN(Cc1cccc(Br)c1)c1ccnc2c(N)cccc12. The van der Waals surface area contributed by atoms with Crippen LogP contribution in [0.25, 0.3) is 10.9 Å². The zero-order valence-corrected chi connectivity index (χ0v) is 13.3. The van der Waals surface area contributed by atoms with Crippen LogP contribution in [0.15, 0.2) is 59.2 Å². The molecule has 21 heavy (non-hydrogen) atoms. The van der Waals surface area contributed by atoms with Crippen molar-refractivity contribution < 1.29 is 0 Å². The molecule has 0 radical (unpaired) electrons. The van der Waals surface area contributed by atoms with Crippen molar-refractivity contribution in [2.24, 2.45) is 0 Å². The number of anilines is 2. The van der Waals surface area contributed by atoms with Crippen molar-refractivity contribution in [3.8, 4) is 0 Å². The van der Waals surface area contributed by atoms with Crippen LogP contribution in [0.3, 0.4) is 0 Å². The summed E-state index contributed by atoms with van der Waals surface area (Å²) in [6.45, 7) is 0.827. The van der Waals surface area contributed by atoms with E-state index in [-0.39, 0.29) is 0 Å². The second kappa shape index (κ2) is 5.74. The van der Waals surface area contributed by atoms with Gasteiger partial charge in [0, 0.05) is 35.3 Å². The fourth-order valence-corrected chi connectivity index (χ4v) is 2.96. The smallest absolute Gasteiger partial charge is 0.0951 e. The lowest BCUT2D eigenvalue weighted by Gasteiger charge is -2.21. The molecule has 0 aliphatic rings. The average Bonchev–Trinajstić information content (AvgIpc) is 2.47. The molecule has 2 N–H and O–H groups in total. The van der Waals surface area contributed by atoms with Crippen LogP contribution < -0.4 is 10.6 Å². The minimum atomic E-state index is 0.713. The maximum Gasteiger partial charge on any atom is 0.0951 e. The van der Waals surface area contributed by atoms with Crippen molar-refractivity contribution in [2.75, 3.05) is 17.7 Å². The molecule has 0 spiro atoms. The van der Waals surface area contributed by atoms with Crippen LogP contribution in [0.2, 0.25) is 0 Å². The number of aromatic nitrogens is 1. The fraction of sp³-hybridized carbons (Fsp3) is 0.118. The van der Waals surface area contributed by atoms with Crippen molar-refractivity contribution in [1.82, 2.24) is 4.98 Å². The summed E-state index contributed by atoms with van der Waals surface area (Å²) in [5.41, 5.74) is 9.96. The summed E-state index contributed by atoms with van der Waals surface area (Å²) in [5, 5.41) is 1.08. The van der Waals surface area contributed by atoms with E-state index in [2.05, 4.69) is 57.1 Å². The third-order valence-corrected chi connectivity index (χ3v) is 3.99. The third kappa shape index (κ3) is 2.85. The zero-order chi connectivity index (χ0) is 14.8. The molecule has 2 aromatic carbocycles. The molecule has 0 unspecified atom stereocenters. The second-order valence-corrected chi connectivity index (χ2v) is 5.98. The summed E-state index contributed by atoms with van der Waals surface area (Å²) in [6.07, 6.45) is 1.81. The molecule has 0 aliphatic heterocycles. The maximum atomic E-state index is 6.01. The number of fused-ring (bicyclic) bond motifs is 1. The van der Waals surface area contributed by atoms with Crippen molar-refractivity contribution in [1.29, 1.82) is 0 Å². The Morgan fingerprint density at radius 2 is 1.95 bits per heavy atom. The number of nitrogens with two attached hydrogens (primary N) is 1. The number of pyridine rings is 1. The molecular weight excluding hydrogens is 326 g/mol. The van der Waals surface area contributed by atoms with Gasteiger partial charge in [-0.2, -0.15) is 0 Å².